The van der Waals surface area contributed by atoms with Crippen LogP contribution in [0, 0.1) is 0 Å². The highest BCUT2D eigenvalue weighted by atomic mass is 16.6. The van der Waals surface area contributed by atoms with Crippen LogP contribution in [-0.4, -0.2) is 13.6 Å². The fraction of sp³-hybridized carbons (Fsp3) is 0.125. The lowest BCUT2D eigenvalue weighted by atomic mass is 10.3. The molecule has 0 aromatic heterocycles. The fourth-order valence-electron chi connectivity index (χ4n) is 0.578. The summed E-state index contributed by atoms with van der Waals surface area (Å²) in [6, 6.07) is 9.33. The molecule has 0 atom stereocenters. The molecule has 1 rings (SSSR count). The first-order valence-corrected chi connectivity index (χ1v) is 2.93. The molecule has 0 heterocycles. The molecule has 0 aliphatic rings. The van der Waals surface area contributed by atoms with E-state index in [-0.39, 0.29) is 0 Å². The Bertz CT molecular complexity index is 204. The maximum atomic E-state index is 4.88. The van der Waals surface area contributed by atoms with Crippen molar-refractivity contribution in [1.29, 1.82) is 0 Å². The van der Waals surface area contributed by atoms with Crippen LogP contribution in [-0.2, 0) is 4.42 Å². The SMILES string of the molecule is C[O+]=[C-]Oc1ccccc1. The highest BCUT2D eigenvalue weighted by Gasteiger charge is 1.83. The van der Waals surface area contributed by atoms with E-state index in [1.165, 1.54) is 7.11 Å². The summed E-state index contributed by atoms with van der Waals surface area (Å²) in [6.45, 7) is 2.26. The highest BCUT2D eigenvalue weighted by Crippen LogP contribution is 2.05. The van der Waals surface area contributed by atoms with E-state index in [0.29, 0.717) is 0 Å². The van der Waals surface area contributed by atoms with E-state index in [1.807, 2.05) is 30.3 Å². The summed E-state index contributed by atoms with van der Waals surface area (Å²) in [7, 11) is 1.49. The quantitative estimate of drug-likeness (QED) is 0.443. The standard InChI is InChI=1S/C8H8O2/c1-9-7-10-8-5-3-2-4-6-8/h2-6H,1H3. The third kappa shape index (κ3) is 1.90. The summed E-state index contributed by atoms with van der Waals surface area (Å²) >= 11 is 0. The molecule has 0 saturated carbocycles. The van der Waals surface area contributed by atoms with Crippen LogP contribution in [0.3, 0.4) is 0 Å². The van der Waals surface area contributed by atoms with E-state index in [9.17, 15) is 0 Å². The Morgan fingerprint density at radius 3 is 2.60 bits per heavy atom. The third-order valence-corrected chi connectivity index (χ3v) is 0.986. The van der Waals surface area contributed by atoms with Crippen LogP contribution in [0.2, 0.25) is 0 Å². The van der Waals surface area contributed by atoms with E-state index in [2.05, 4.69) is 10.9 Å². The molecule has 0 amide bonds. The van der Waals surface area contributed by atoms with Crippen molar-refractivity contribution < 1.29 is 9.16 Å². The van der Waals surface area contributed by atoms with Crippen molar-refractivity contribution in [3.05, 3.63) is 30.3 Å². The van der Waals surface area contributed by atoms with Gasteiger partial charge in [-0.05, 0) is 0 Å². The van der Waals surface area contributed by atoms with Gasteiger partial charge in [0.1, 0.15) is 7.11 Å². The highest BCUT2D eigenvalue weighted by molar-refractivity contribution is 5.46. The van der Waals surface area contributed by atoms with E-state index in [1.54, 1.807) is 0 Å². The van der Waals surface area contributed by atoms with Crippen LogP contribution in [0.25, 0.3) is 0 Å². The number of rotatable bonds is 2. The second kappa shape index (κ2) is 3.67. The second-order valence-electron chi connectivity index (χ2n) is 1.70. The minimum Gasteiger partial charge on any atom is -0.458 e. The van der Waals surface area contributed by atoms with Gasteiger partial charge in [0.25, 0.3) is 0 Å². The zero-order valence-corrected chi connectivity index (χ0v) is 5.70. The van der Waals surface area contributed by atoms with Gasteiger partial charge >= 0.3 is 6.47 Å². The zero-order chi connectivity index (χ0) is 7.23. The molecule has 0 N–H and O–H groups in total. The van der Waals surface area contributed by atoms with Gasteiger partial charge in [0.15, 0.2) is 0 Å². The summed E-state index contributed by atoms with van der Waals surface area (Å²) in [6.07, 6.45) is 0. The van der Waals surface area contributed by atoms with Crippen LogP contribution in [0.4, 0.5) is 0 Å². The molecular formula is C8H8O2. The maximum Gasteiger partial charge on any atom is 0.419 e. The van der Waals surface area contributed by atoms with Crippen molar-refractivity contribution in [2.75, 3.05) is 7.11 Å². The van der Waals surface area contributed by atoms with Crippen molar-refractivity contribution in [2.24, 2.45) is 0 Å². The van der Waals surface area contributed by atoms with Gasteiger partial charge in [0.2, 0.25) is 0 Å². The molecule has 0 saturated heterocycles. The lowest BCUT2D eigenvalue weighted by Gasteiger charge is -1.95. The van der Waals surface area contributed by atoms with Crippen molar-refractivity contribution >= 4 is 6.47 Å². The van der Waals surface area contributed by atoms with Gasteiger partial charge in [0, 0.05) is 0 Å². The van der Waals surface area contributed by atoms with Gasteiger partial charge in [-0.3, -0.25) is 0 Å². The Morgan fingerprint density at radius 1 is 1.30 bits per heavy atom. The number of benzene rings is 1. The molecule has 0 bridgehead atoms. The minimum atomic E-state index is 0.726. The van der Waals surface area contributed by atoms with E-state index in [4.69, 9.17) is 4.74 Å². The Hall–Kier alpha value is -1.31. The normalized spacial score (nSPS) is 10.1. The molecule has 1 aromatic rings. The molecule has 0 aliphatic carbocycles. The molecule has 2 nitrogen and oxygen atoms in total. The Kier molecular flexibility index (Phi) is 2.49. The van der Waals surface area contributed by atoms with Gasteiger partial charge in [-0.25, -0.2) is 0 Å². The zero-order valence-electron chi connectivity index (χ0n) is 5.70. The van der Waals surface area contributed by atoms with Crippen molar-refractivity contribution in [3.8, 4) is 5.75 Å². The van der Waals surface area contributed by atoms with Crippen LogP contribution < -0.4 is 4.74 Å². The number of carbonyl (C=O) groups excluding carboxylic acids is 1. The van der Waals surface area contributed by atoms with Crippen LogP contribution in [0.5, 0.6) is 5.75 Å². The van der Waals surface area contributed by atoms with Crippen LogP contribution >= 0.6 is 0 Å². The Morgan fingerprint density at radius 2 is 2.00 bits per heavy atom. The topological polar surface area (TPSA) is 20.5 Å². The summed E-state index contributed by atoms with van der Waals surface area (Å²) in [5, 5.41) is 0. The Labute approximate surface area is 59.8 Å². The summed E-state index contributed by atoms with van der Waals surface area (Å²) < 4.78 is 9.36. The van der Waals surface area contributed by atoms with Gasteiger partial charge in [-0.1, -0.05) is 30.3 Å². The molecule has 10 heavy (non-hydrogen) atoms. The molecule has 0 aliphatic heterocycles. The monoisotopic (exact) mass is 136 g/mol. The fourth-order valence-corrected chi connectivity index (χ4v) is 0.578. The molecule has 1 aromatic carbocycles. The first-order chi connectivity index (χ1) is 4.93. The van der Waals surface area contributed by atoms with Gasteiger partial charge < -0.3 is 9.16 Å². The molecule has 0 unspecified atom stereocenters. The van der Waals surface area contributed by atoms with E-state index < -0.39 is 0 Å². The number of hydrogen-bond acceptors (Lipinski definition) is 1. The minimum absolute atomic E-state index is 0.726. The largest absolute Gasteiger partial charge is 0.458 e. The van der Waals surface area contributed by atoms with Crippen LogP contribution in [0.1, 0.15) is 0 Å². The maximum absolute atomic E-state index is 4.88. The predicted octanol–water partition coefficient (Wildman–Crippen LogP) is 1.30. The predicted molar refractivity (Wildman–Crippen MR) is 38.7 cm³/mol. The smallest absolute Gasteiger partial charge is 0.419 e. The molecule has 0 radical (unpaired) electrons. The first kappa shape index (κ1) is 6.81. The van der Waals surface area contributed by atoms with E-state index >= 15 is 0 Å². The van der Waals surface area contributed by atoms with Gasteiger partial charge in [-0.15, -0.1) is 0 Å². The number of ether oxygens (including phenoxy) is 1. The molecule has 0 spiro atoms. The van der Waals surface area contributed by atoms with Crippen molar-refractivity contribution in [3.63, 3.8) is 0 Å². The van der Waals surface area contributed by atoms with Crippen LogP contribution in [0.15, 0.2) is 30.3 Å². The Balaban J connectivity index is 2.59. The molecule has 0 fully saturated rings. The third-order valence-electron chi connectivity index (χ3n) is 0.986. The molecule has 2 heteroatoms. The lowest BCUT2D eigenvalue weighted by Crippen LogP contribution is -1.89. The lowest BCUT2D eigenvalue weighted by molar-refractivity contribution is 0.157. The molecule has 52 valence electrons. The summed E-state index contributed by atoms with van der Waals surface area (Å²) in [5.74, 6) is 0.726. The second-order valence-corrected chi connectivity index (χ2v) is 1.70. The van der Waals surface area contributed by atoms with Crippen molar-refractivity contribution in [2.45, 2.75) is 0 Å². The summed E-state index contributed by atoms with van der Waals surface area (Å²) in [5.41, 5.74) is 0. The number of para-hydroxylation sites is 1. The first-order valence-electron chi connectivity index (χ1n) is 2.93. The molecular weight excluding hydrogens is 128 g/mol. The van der Waals surface area contributed by atoms with Crippen molar-refractivity contribution in [1.82, 2.24) is 0 Å². The average Bonchev–Trinajstić information content (AvgIpc) is 2.03. The number of hydrogen-bond donors (Lipinski definition) is 0. The van der Waals surface area contributed by atoms with Gasteiger partial charge in [0.05, 0.1) is 5.75 Å². The summed E-state index contributed by atoms with van der Waals surface area (Å²) in [4.78, 5) is 0. The van der Waals surface area contributed by atoms with Gasteiger partial charge in [-0.2, -0.15) is 0 Å². The van der Waals surface area contributed by atoms with E-state index in [0.717, 1.165) is 5.75 Å². The average molecular weight is 136 g/mol.